The largest absolute Gasteiger partial charge is 0.481 e. The monoisotopic (exact) mass is 294 g/mol. The molecule has 2 atom stereocenters. The number of carbonyl (C=O) groups is 1. The number of rotatable bonds is 9. The molecule has 0 spiro atoms. The quantitative estimate of drug-likeness (QED) is 0.639. The summed E-state index contributed by atoms with van der Waals surface area (Å²) in [6, 6.07) is 0. The van der Waals surface area contributed by atoms with Crippen LogP contribution in [0.2, 0.25) is 0 Å². The van der Waals surface area contributed by atoms with E-state index in [0.717, 1.165) is 31.3 Å². The van der Waals surface area contributed by atoms with Crippen molar-refractivity contribution in [1.29, 1.82) is 0 Å². The normalized spacial score (nSPS) is 25.2. The summed E-state index contributed by atoms with van der Waals surface area (Å²) in [5.41, 5.74) is 0.393. The van der Waals surface area contributed by atoms with Crippen LogP contribution in [0.5, 0.6) is 0 Å². The van der Waals surface area contributed by atoms with Gasteiger partial charge in [0.1, 0.15) is 0 Å². The Morgan fingerprint density at radius 3 is 2.71 bits per heavy atom. The molecule has 120 valence electrons. The Bertz CT molecular complexity index is 395. The van der Waals surface area contributed by atoms with Crippen molar-refractivity contribution in [2.24, 2.45) is 17.3 Å². The lowest BCUT2D eigenvalue weighted by molar-refractivity contribution is -0.149. The number of aliphatic carboxylic acids is 1. The van der Waals surface area contributed by atoms with E-state index >= 15 is 0 Å². The SMILES string of the molecule is COCCC1C=C(C)C=CC1(CCCCC(C)C)C(=O)O. The average Bonchev–Trinajstić information content (AvgIpc) is 2.42. The predicted octanol–water partition coefficient (Wildman–Crippen LogP) is 4.44. The number of ether oxygens (including phenoxy) is 1. The summed E-state index contributed by atoms with van der Waals surface area (Å²) in [5, 5.41) is 9.83. The lowest BCUT2D eigenvalue weighted by atomic mass is 9.67. The lowest BCUT2D eigenvalue weighted by Gasteiger charge is -2.36. The molecule has 0 aromatic heterocycles. The molecule has 0 aromatic carbocycles. The highest BCUT2D eigenvalue weighted by Gasteiger charge is 2.43. The van der Waals surface area contributed by atoms with Crippen molar-refractivity contribution < 1.29 is 14.6 Å². The Labute approximate surface area is 129 Å². The van der Waals surface area contributed by atoms with E-state index in [9.17, 15) is 9.90 Å². The Morgan fingerprint density at radius 1 is 1.43 bits per heavy atom. The number of carboxylic acids is 1. The van der Waals surface area contributed by atoms with Gasteiger partial charge in [0, 0.05) is 13.7 Å². The molecule has 0 heterocycles. The maximum Gasteiger partial charge on any atom is 0.314 e. The molecule has 1 aliphatic rings. The van der Waals surface area contributed by atoms with Gasteiger partial charge in [-0.25, -0.2) is 0 Å². The van der Waals surface area contributed by atoms with Gasteiger partial charge in [0.2, 0.25) is 0 Å². The van der Waals surface area contributed by atoms with Crippen LogP contribution in [0, 0.1) is 17.3 Å². The molecule has 21 heavy (non-hydrogen) atoms. The van der Waals surface area contributed by atoms with E-state index in [-0.39, 0.29) is 5.92 Å². The maximum absolute atomic E-state index is 12.0. The summed E-state index contributed by atoms with van der Waals surface area (Å²) in [7, 11) is 1.67. The standard InChI is InChI=1S/C18H30O3/c1-14(2)7-5-6-10-18(17(19)20)11-8-15(3)13-16(18)9-12-21-4/h8,11,13-14,16H,5-7,9-10,12H2,1-4H3,(H,19,20). The molecule has 0 amide bonds. The molecule has 2 unspecified atom stereocenters. The minimum absolute atomic E-state index is 0.0269. The fourth-order valence-electron chi connectivity index (χ4n) is 3.09. The average molecular weight is 294 g/mol. The van der Waals surface area contributed by atoms with Crippen LogP contribution in [0.4, 0.5) is 0 Å². The fourth-order valence-corrected chi connectivity index (χ4v) is 3.09. The highest BCUT2D eigenvalue weighted by atomic mass is 16.5. The van der Waals surface area contributed by atoms with Crippen LogP contribution < -0.4 is 0 Å². The number of unbranched alkanes of at least 4 members (excludes halogenated alkanes) is 1. The minimum atomic E-state index is -0.755. The minimum Gasteiger partial charge on any atom is -0.481 e. The molecule has 0 saturated carbocycles. The van der Waals surface area contributed by atoms with Gasteiger partial charge in [-0.1, -0.05) is 56.9 Å². The summed E-state index contributed by atoms with van der Waals surface area (Å²) < 4.78 is 5.16. The summed E-state index contributed by atoms with van der Waals surface area (Å²) in [4.78, 5) is 12.0. The highest BCUT2D eigenvalue weighted by Crippen LogP contribution is 2.42. The summed E-state index contributed by atoms with van der Waals surface area (Å²) in [5.74, 6) is 0.00579. The van der Waals surface area contributed by atoms with E-state index in [0.29, 0.717) is 18.9 Å². The molecular weight excluding hydrogens is 264 g/mol. The Hall–Kier alpha value is -1.09. The first-order valence-electron chi connectivity index (χ1n) is 8.02. The van der Waals surface area contributed by atoms with Gasteiger partial charge in [-0.05, 0) is 31.6 Å². The molecule has 3 heteroatoms. The first-order chi connectivity index (χ1) is 9.92. The molecule has 1 rings (SSSR count). The van der Waals surface area contributed by atoms with E-state index in [1.807, 2.05) is 19.1 Å². The molecular formula is C18H30O3. The Kier molecular flexibility index (Phi) is 7.16. The van der Waals surface area contributed by atoms with Crippen molar-refractivity contribution in [2.45, 2.75) is 52.9 Å². The topological polar surface area (TPSA) is 46.5 Å². The molecule has 1 aliphatic carbocycles. The molecule has 0 aliphatic heterocycles. The van der Waals surface area contributed by atoms with Gasteiger partial charge in [-0.15, -0.1) is 0 Å². The maximum atomic E-state index is 12.0. The summed E-state index contributed by atoms with van der Waals surface area (Å²) in [6.45, 7) is 7.05. The van der Waals surface area contributed by atoms with E-state index in [4.69, 9.17) is 4.74 Å². The molecule has 3 nitrogen and oxygen atoms in total. The number of hydrogen-bond acceptors (Lipinski definition) is 2. The van der Waals surface area contributed by atoms with E-state index in [2.05, 4.69) is 19.9 Å². The smallest absolute Gasteiger partial charge is 0.314 e. The molecule has 0 fully saturated rings. The van der Waals surface area contributed by atoms with Crippen molar-refractivity contribution in [3.63, 3.8) is 0 Å². The number of carboxylic acid groups (broad SMARTS) is 1. The van der Waals surface area contributed by atoms with Crippen LogP contribution in [-0.2, 0) is 9.53 Å². The zero-order chi connectivity index (χ0) is 15.9. The molecule has 0 saturated heterocycles. The fraction of sp³-hybridized carbons (Fsp3) is 0.722. The van der Waals surface area contributed by atoms with Crippen molar-refractivity contribution in [3.05, 3.63) is 23.8 Å². The van der Waals surface area contributed by atoms with Crippen LogP contribution in [0.1, 0.15) is 52.9 Å². The predicted molar refractivity (Wildman–Crippen MR) is 86.3 cm³/mol. The Morgan fingerprint density at radius 2 is 2.14 bits per heavy atom. The number of methoxy groups -OCH3 is 1. The second-order valence-corrected chi connectivity index (χ2v) is 6.62. The van der Waals surface area contributed by atoms with Crippen LogP contribution in [-0.4, -0.2) is 24.8 Å². The van der Waals surface area contributed by atoms with Crippen LogP contribution in [0.25, 0.3) is 0 Å². The van der Waals surface area contributed by atoms with Gasteiger partial charge in [-0.3, -0.25) is 4.79 Å². The second-order valence-electron chi connectivity index (χ2n) is 6.62. The zero-order valence-electron chi connectivity index (χ0n) is 13.9. The van der Waals surface area contributed by atoms with Gasteiger partial charge in [0.25, 0.3) is 0 Å². The van der Waals surface area contributed by atoms with Crippen molar-refractivity contribution >= 4 is 5.97 Å². The molecule has 1 N–H and O–H groups in total. The molecule has 0 aromatic rings. The first-order valence-corrected chi connectivity index (χ1v) is 8.02. The third-order valence-electron chi connectivity index (χ3n) is 4.42. The summed E-state index contributed by atoms with van der Waals surface area (Å²) in [6.07, 6.45) is 10.7. The summed E-state index contributed by atoms with van der Waals surface area (Å²) >= 11 is 0. The van der Waals surface area contributed by atoms with Crippen LogP contribution in [0.15, 0.2) is 23.8 Å². The second kappa shape index (κ2) is 8.38. The van der Waals surface area contributed by atoms with Gasteiger partial charge in [0.05, 0.1) is 5.41 Å². The van der Waals surface area contributed by atoms with Crippen molar-refractivity contribution in [1.82, 2.24) is 0 Å². The van der Waals surface area contributed by atoms with Gasteiger partial charge in [-0.2, -0.15) is 0 Å². The van der Waals surface area contributed by atoms with Gasteiger partial charge >= 0.3 is 5.97 Å². The number of hydrogen-bond donors (Lipinski definition) is 1. The van der Waals surface area contributed by atoms with E-state index < -0.39 is 11.4 Å². The van der Waals surface area contributed by atoms with Crippen LogP contribution >= 0.6 is 0 Å². The molecule has 0 radical (unpaired) electrons. The third-order valence-corrected chi connectivity index (χ3v) is 4.42. The van der Waals surface area contributed by atoms with Crippen molar-refractivity contribution in [2.75, 3.05) is 13.7 Å². The van der Waals surface area contributed by atoms with Gasteiger partial charge in [0.15, 0.2) is 0 Å². The van der Waals surface area contributed by atoms with E-state index in [1.54, 1.807) is 7.11 Å². The molecule has 0 bridgehead atoms. The highest BCUT2D eigenvalue weighted by molar-refractivity contribution is 5.78. The first kappa shape index (κ1) is 18.0. The van der Waals surface area contributed by atoms with E-state index in [1.165, 1.54) is 0 Å². The third kappa shape index (κ3) is 4.99. The van der Waals surface area contributed by atoms with Crippen LogP contribution in [0.3, 0.4) is 0 Å². The number of allylic oxidation sites excluding steroid dienone is 3. The Balaban J connectivity index is 2.79. The van der Waals surface area contributed by atoms with Gasteiger partial charge < -0.3 is 9.84 Å². The van der Waals surface area contributed by atoms with Crippen molar-refractivity contribution in [3.8, 4) is 0 Å². The lowest BCUT2D eigenvalue weighted by Crippen LogP contribution is -2.38. The zero-order valence-corrected chi connectivity index (χ0v) is 13.9.